The molecular formula is C18H19F3N2O3S. The van der Waals surface area contributed by atoms with Crippen LogP contribution >= 0.6 is 11.3 Å². The van der Waals surface area contributed by atoms with E-state index in [1.54, 1.807) is 30.5 Å². The number of rotatable bonds is 7. The minimum Gasteiger partial charge on any atom is -0.493 e. The zero-order valence-corrected chi connectivity index (χ0v) is 15.9. The minimum absolute atomic E-state index is 0.0196. The number of aromatic nitrogens is 1. The standard InChI is InChI=1S/C18H19F3N2O3S/c1-4-5-13-6-7-14(15(8-13)25-3)26-9-16(24)23(11-18(19,20)21)17-22-12(2)10-27-17/h4-8,10H,9,11H2,1-3H3/b5-4+. The minimum atomic E-state index is -4.55. The molecule has 0 fully saturated rings. The first kappa shape index (κ1) is 20.8. The van der Waals surface area contributed by atoms with Crippen LogP contribution < -0.4 is 14.4 Å². The lowest BCUT2D eigenvalue weighted by Crippen LogP contribution is -2.41. The highest BCUT2D eigenvalue weighted by Crippen LogP contribution is 2.29. The molecule has 0 bridgehead atoms. The van der Waals surface area contributed by atoms with Crippen molar-refractivity contribution in [3.8, 4) is 11.5 Å². The van der Waals surface area contributed by atoms with Gasteiger partial charge in [0.25, 0.3) is 5.91 Å². The SMILES string of the molecule is C/C=C/c1ccc(OCC(=O)N(CC(F)(F)F)c2nc(C)cs2)c(OC)c1. The van der Waals surface area contributed by atoms with Gasteiger partial charge in [0.1, 0.15) is 6.54 Å². The third-order valence-electron chi connectivity index (χ3n) is 3.37. The predicted octanol–water partition coefficient (Wildman–Crippen LogP) is 4.47. The second kappa shape index (κ2) is 8.90. The van der Waals surface area contributed by atoms with Crippen molar-refractivity contribution in [3.05, 3.63) is 40.9 Å². The lowest BCUT2D eigenvalue weighted by molar-refractivity contribution is -0.133. The summed E-state index contributed by atoms with van der Waals surface area (Å²) in [6.07, 6.45) is -0.849. The quantitative estimate of drug-likeness (QED) is 0.688. The summed E-state index contributed by atoms with van der Waals surface area (Å²) in [4.78, 5) is 16.9. The first-order valence-corrected chi connectivity index (χ1v) is 8.84. The second-order valence-electron chi connectivity index (χ2n) is 5.57. The molecule has 146 valence electrons. The summed E-state index contributed by atoms with van der Waals surface area (Å²) in [5, 5.41) is 1.56. The molecule has 1 aromatic heterocycles. The number of allylic oxidation sites excluding steroid dienone is 1. The van der Waals surface area contributed by atoms with Gasteiger partial charge in [-0.25, -0.2) is 4.98 Å². The van der Waals surface area contributed by atoms with Gasteiger partial charge >= 0.3 is 6.18 Å². The van der Waals surface area contributed by atoms with Gasteiger partial charge in [0.2, 0.25) is 0 Å². The first-order chi connectivity index (χ1) is 12.7. The smallest absolute Gasteiger partial charge is 0.406 e. The molecule has 0 N–H and O–H groups in total. The number of hydrogen-bond donors (Lipinski definition) is 0. The van der Waals surface area contributed by atoms with E-state index in [0.717, 1.165) is 16.9 Å². The molecule has 0 aliphatic heterocycles. The fourth-order valence-corrected chi connectivity index (χ4v) is 3.04. The highest BCUT2D eigenvalue weighted by atomic mass is 32.1. The van der Waals surface area contributed by atoms with Crippen LogP contribution in [0, 0.1) is 6.92 Å². The zero-order chi connectivity index (χ0) is 20.0. The number of hydrogen-bond acceptors (Lipinski definition) is 5. The average molecular weight is 400 g/mol. The molecule has 2 aromatic rings. The van der Waals surface area contributed by atoms with E-state index in [-0.39, 0.29) is 10.9 Å². The maximum absolute atomic E-state index is 12.9. The van der Waals surface area contributed by atoms with Gasteiger partial charge in [0.05, 0.1) is 12.8 Å². The summed E-state index contributed by atoms with van der Waals surface area (Å²) < 4.78 is 49.3. The molecule has 0 aliphatic rings. The molecule has 27 heavy (non-hydrogen) atoms. The van der Waals surface area contributed by atoms with Crippen LogP contribution in [-0.4, -0.2) is 37.3 Å². The number of benzene rings is 1. The topological polar surface area (TPSA) is 51.7 Å². The molecule has 1 heterocycles. The van der Waals surface area contributed by atoms with Crippen molar-refractivity contribution in [2.24, 2.45) is 0 Å². The van der Waals surface area contributed by atoms with Gasteiger partial charge in [-0.15, -0.1) is 11.3 Å². The van der Waals surface area contributed by atoms with Crippen molar-refractivity contribution in [1.29, 1.82) is 0 Å². The van der Waals surface area contributed by atoms with E-state index in [0.29, 0.717) is 16.3 Å². The van der Waals surface area contributed by atoms with Gasteiger partial charge in [-0.05, 0) is 31.5 Å². The van der Waals surface area contributed by atoms with Gasteiger partial charge in [0, 0.05) is 5.38 Å². The molecule has 1 amide bonds. The van der Waals surface area contributed by atoms with Gasteiger partial charge in [-0.1, -0.05) is 18.2 Å². The van der Waals surface area contributed by atoms with Crippen molar-refractivity contribution in [2.75, 3.05) is 25.2 Å². The van der Waals surface area contributed by atoms with E-state index >= 15 is 0 Å². The highest BCUT2D eigenvalue weighted by molar-refractivity contribution is 7.14. The summed E-state index contributed by atoms with van der Waals surface area (Å²) in [6, 6.07) is 5.06. The molecule has 0 unspecified atom stereocenters. The Kier molecular flexibility index (Phi) is 6.84. The number of amides is 1. The Morgan fingerprint density at radius 1 is 1.33 bits per heavy atom. The number of methoxy groups -OCH3 is 1. The Hall–Kier alpha value is -2.55. The number of aryl methyl sites for hydroxylation is 1. The van der Waals surface area contributed by atoms with Gasteiger partial charge < -0.3 is 9.47 Å². The van der Waals surface area contributed by atoms with Crippen LogP contribution in [0.25, 0.3) is 6.08 Å². The van der Waals surface area contributed by atoms with E-state index in [2.05, 4.69) is 4.98 Å². The fourth-order valence-electron chi connectivity index (χ4n) is 2.22. The number of alkyl halides is 3. The van der Waals surface area contributed by atoms with Crippen molar-refractivity contribution in [2.45, 2.75) is 20.0 Å². The first-order valence-electron chi connectivity index (χ1n) is 7.96. The summed E-state index contributed by atoms with van der Waals surface area (Å²) in [5.74, 6) is -0.200. The van der Waals surface area contributed by atoms with E-state index in [1.165, 1.54) is 7.11 Å². The molecule has 0 atom stereocenters. The second-order valence-corrected chi connectivity index (χ2v) is 6.40. The number of halogens is 3. The fraction of sp³-hybridized carbons (Fsp3) is 0.333. The number of carbonyl (C=O) groups is 1. The van der Waals surface area contributed by atoms with Crippen LogP contribution in [-0.2, 0) is 4.79 Å². The molecule has 9 heteroatoms. The van der Waals surface area contributed by atoms with Gasteiger partial charge in [-0.3, -0.25) is 9.69 Å². The predicted molar refractivity (Wildman–Crippen MR) is 98.5 cm³/mol. The largest absolute Gasteiger partial charge is 0.493 e. The Balaban J connectivity index is 2.15. The van der Waals surface area contributed by atoms with Gasteiger partial charge in [0.15, 0.2) is 23.2 Å². The van der Waals surface area contributed by atoms with Crippen LogP contribution in [0.4, 0.5) is 18.3 Å². The van der Waals surface area contributed by atoms with Crippen LogP contribution in [0.5, 0.6) is 11.5 Å². The molecule has 0 radical (unpaired) electrons. The Morgan fingerprint density at radius 2 is 2.07 bits per heavy atom. The van der Waals surface area contributed by atoms with E-state index in [1.807, 2.05) is 19.1 Å². The number of anilines is 1. The number of carbonyl (C=O) groups excluding carboxylic acids is 1. The normalized spacial score (nSPS) is 11.6. The van der Waals surface area contributed by atoms with Crippen LogP contribution in [0.1, 0.15) is 18.2 Å². The molecule has 0 aliphatic carbocycles. The van der Waals surface area contributed by atoms with Crippen LogP contribution in [0.2, 0.25) is 0 Å². The summed E-state index contributed by atoms with van der Waals surface area (Å²) in [6.45, 7) is 1.50. The Bertz CT molecular complexity index is 818. The Labute approximate surface area is 159 Å². The third kappa shape index (κ3) is 5.99. The van der Waals surface area contributed by atoms with E-state index in [9.17, 15) is 18.0 Å². The molecular weight excluding hydrogens is 381 g/mol. The average Bonchev–Trinajstić information content (AvgIpc) is 3.03. The van der Waals surface area contributed by atoms with Gasteiger partial charge in [-0.2, -0.15) is 13.2 Å². The van der Waals surface area contributed by atoms with Crippen LogP contribution in [0.15, 0.2) is 29.7 Å². The molecule has 1 aromatic carbocycles. The zero-order valence-electron chi connectivity index (χ0n) is 15.0. The van der Waals surface area contributed by atoms with E-state index < -0.39 is 25.2 Å². The summed E-state index contributed by atoms with van der Waals surface area (Å²) in [7, 11) is 1.44. The lowest BCUT2D eigenvalue weighted by Gasteiger charge is -2.21. The maximum Gasteiger partial charge on any atom is 0.406 e. The summed E-state index contributed by atoms with van der Waals surface area (Å²) in [5.41, 5.74) is 1.40. The third-order valence-corrected chi connectivity index (χ3v) is 4.36. The number of ether oxygens (including phenoxy) is 2. The molecule has 0 spiro atoms. The lowest BCUT2D eigenvalue weighted by atomic mass is 10.2. The molecule has 0 saturated heterocycles. The molecule has 2 rings (SSSR count). The molecule has 0 saturated carbocycles. The molecule has 5 nitrogen and oxygen atoms in total. The number of thiazole rings is 1. The van der Waals surface area contributed by atoms with Crippen molar-refractivity contribution < 1.29 is 27.4 Å². The van der Waals surface area contributed by atoms with Crippen molar-refractivity contribution in [3.63, 3.8) is 0 Å². The monoisotopic (exact) mass is 400 g/mol. The maximum atomic E-state index is 12.9. The van der Waals surface area contributed by atoms with Crippen molar-refractivity contribution >= 4 is 28.5 Å². The van der Waals surface area contributed by atoms with Crippen LogP contribution in [0.3, 0.4) is 0 Å². The van der Waals surface area contributed by atoms with E-state index in [4.69, 9.17) is 9.47 Å². The highest BCUT2D eigenvalue weighted by Gasteiger charge is 2.35. The summed E-state index contributed by atoms with van der Waals surface area (Å²) >= 11 is 0.970. The Morgan fingerprint density at radius 3 is 2.63 bits per heavy atom. The number of nitrogens with zero attached hydrogens (tertiary/aromatic N) is 2. The van der Waals surface area contributed by atoms with Crippen molar-refractivity contribution in [1.82, 2.24) is 4.98 Å².